The highest BCUT2D eigenvalue weighted by atomic mass is 32.2. The smallest absolute Gasteiger partial charge is 0.387 e. The van der Waals surface area contributed by atoms with Crippen molar-refractivity contribution in [3.05, 3.63) is 47.0 Å². The van der Waals surface area contributed by atoms with E-state index < -0.39 is 28.1 Å². The number of carbonyl (C=O) groups excluding carboxylic acids is 1. The van der Waals surface area contributed by atoms with E-state index in [2.05, 4.69) is 19.8 Å². The first-order valence-corrected chi connectivity index (χ1v) is 11.6. The Labute approximate surface area is 187 Å². The molecule has 1 aromatic carbocycles. The Kier molecular flexibility index (Phi) is 6.67. The van der Waals surface area contributed by atoms with Gasteiger partial charge < -0.3 is 9.15 Å². The number of halogens is 2. The fraction of sp³-hybridized carbons (Fsp3) is 0.300. The van der Waals surface area contributed by atoms with E-state index in [1.54, 1.807) is 39.8 Å². The zero-order valence-electron chi connectivity index (χ0n) is 17.6. The molecular weight excluding hydrogens is 464 g/mol. The van der Waals surface area contributed by atoms with Gasteiger partial charge in [0.15, 0.2) is 10.9 Å². The topological polar surface area (TPSA) is 111 Å². The molecule has 12 heteroatoms. The number of nitrogens with one attached hydrogen (secondary N) is 2. The van der Waals surface area contributed by atoms with E-state index in [0.717, 1.165) is 4.88 Å². The molecule has 0 aliphatic carbocycles. The van der Waals surface area contributed by atoms with Crippen LogP contribution >= 0.6 is 11.3 Å². The summed E-state index contributed by atoms with van der Waals surface area (Å²) in [7, 11) is -3.92. The van der Waals surface area contributed by atoms with E-state index in [1.165, 1.54) is 35.6 Å². The number of amides is 1. The molecule has 0 spiro atoms. The van der Waals surface area contributed by atoms with E-state index in [1.807, 2.05) is 0 Å². The molecule has 0 bridgehead atoms. The number of aromatic nitrogens is 1. The molecular formula is C20H21F2N3O5S2. The minimum atomic E-state index is -3.92. The van der Waals surface area contributed by atoms with Crippen molar-refractivity contribution in [2.75, 3.05) is 5.32 Å². The van der Waals surface area contributed by atoms with Crippen molar-refractivity contribution in [3.8, 4) is 17.0 Å². The molecule has 0 aliphatic heterocycles. The molecule has 0 saturated heterocycles. The number of hydrogen-bond donors (Lipinski definition) is 2. The Morgan fingerprint density at radius 3 is 2.41 bits per heavy atom. The van der Waals surface area contributed by atoms with Crippen molar-refractivity contribution < 1.29 is 31.1 Å². The minimum absolute atomic E-state index is 0.0229. The van der Waals surface area contributed by atoms with Crippen molar-refractivity contribution in [3.63, 3.8) is 0 Å². The first-order chi connectivity index (χ1) is 14.8. The molecule has 0 aliphatic rings. The van der Waals surface area contributed by atoms with E-state index >= 15 is 0 Å². The fourth-order valence-electron chi connectivity index (χ4n) is 2.71. The standard InChI is InChI=1S/C20H21F2N3O5S2/c1-11-16(12-5-7-13(8-6-12)29-18(21)22)23-19(31-11)24-17(26)14-9-10-15(30-14)32(27,28)25-20(2,3)4/h5-10,18,25H,1-4H3,(H,23,24,26). The Balaban J connectivity index is 1.74. The number of anilines is 1. The Hall–Kier alpha value is -2.83. The number of alkyl halides is 2. The second kappa shape index (κ2) is 8.96. The third-order valence-corrected chi connectivity index (χ3v) is 6.40. The normalized spacial score (nSPS) is 12.2. The average Bonchev–Trinajstić information content (AvgIpc) is 3.28. The first kappa shape index (κ1) is 23.8. The summed E-state index contributed by atoms with van der Waals surface area (Å²) in [6, 6.07) is 8.42. The summed E-state index contributed by atoms with van der Waals surface area (Å²) in [4.78, 5) is 17.6. The van der Waals surface area contributed by atoms with Crippen molar-refractivity contribution in [2.45, 2.75) is 44.9 Å². The van der Waals surface area contributed by atoms with Crippen LogP contribution in [0, 0.1) is 6.92 Å². The van der Waals surface area contributed by atoms with Crippen LogP contribution in [-0.2, 0) is 10.0 Å². The van der Waals surface area contributed by atoms with Crippen LogP contribution in [0.15, 0.2) is 45.9 Å². The van der Waals surface area contributed by atoms with Crippen LogP contribution in [0.4, 0.5) is 13.9 Å². The number of carbonyl (C=O) groups is 1. The van der Waals surface area contributed by atoms with Gasteiger partial charge in [-0.05, 0) is 64.1 Å². The highest BCUT2D eigenvalue weighted by Crippen LogP contribution is 2.32. The minimum Gasteiger partial charge on any atom is -0.438 e. The molecule has 8 nitrogen and oxygen atoms in total. The lowest BCUT2D eigenvalue weighted by atomic mass is 10.1. The summed E-state index contributed by atoms with van der Waals surface area (Å²) in [5.74, 6) is -0.833. The number of sulfonamides is 1. The SMILES string of the molecule is Cc1sc(NC(=O)c2ccc(S(=O)(=O)NC(C)(C)C)o2)nc1-c1ccc(OC(F)F)cc1. The van der Waals surface area contributed by atoms with Gasteiger partial charge in [0, 0.05) is 16.0 Å². The Morgan fingerprint density at radius 1 is 1.16 bits per heavy atom. The zero-order valence-corrected chi connectivity index (χ0v) is 19.2. The number of rotatable bonds is 7. The van der Waals surface area contributed by atoms with Crippen LogP contribution in [0.2, 0.25) is 0 Å². The Bertz CT molecular complexity index is 1210. The number of thiazole rings is 1. The van der Waals surface area contributed by atoms with Crippen LogP contribution in [0.1, 0.15) is 36.2 Å². The van der Waals surface area contributed by atoms with Gasteiger partial charge in [-0.2, -0.15) is 8.78 Å². The summed E-state index contributed by atoms with van der Waals surface area (Å²) in [5.41, 5.74) is 0.499. The lowest BCUT2D eigenvalue weighted by Gasteiger charge is -2.18. The van der Waals surface area contributed by atoms with Crippen molar-refractivity contribution in [1.82, 2.24) is 9.71 Å². The van der Waals surface area contributed by atoms with Crippen molar-refractivity contribution >= 4 is 32.4 Å². The lowest BCUT2D eigenvalue weighted by molar-refractivity contribution is -0.0498. The van der Waals surface area contributed by atoms with Gasteiger partial charge in [0.05, 0.1) is 5.69 Å². The van der Waals surface area contributed by atoms with E-state index in [9.17, 15) is 22.0 Å². The van der Waals surface area contributed by atoms with Gasteiger partial charge in [0.25, 0.3) is 15.9 Å². The number of hydrogen-bond acceptors (Lipinski definition) is 7. The predicted molar refractivity (Wildman–Crippen MR) is 116 cm³/mol. The Morgan fingerprint density at radius 2 is 1.81 bits per heavy atom. The third-order valence-electron chi connectivity index (χ3n) is 3.88. The number of aryl methyl sites for hydroxylation is 1. The summed E-state index contributed by atoms with van der Waals surface area (Å²) in [5, 5.41) is 2.47. The maximum atomic E-state index is 12.5. The van der Waals surface area contributed by atoms with E-state index in [-0.39, 0.29) is 21.7 Å². The van der Waals surface area contributed by atoms with Crippen LogP contribution in [0.25, 0.3) is 11.3 Å². The van der Waals surface area contributed by atoms with Gasteiger partial charge in [-0.15, -0.1) is 11.3 Å². The molecule has 0 fully saturated rings. The van der Waals surface area contributed by atoms with Crippen LogP contribution in [-0.4, -0.2) is 31.5 Å². The number of ether oxygens (including phenoxy) is 1. The number of benzene rings is 1. The number of furan rings is 1. The molecule has 0 atom stereocenters. The number of nitrogens with zero attached hydrogens (tertiary/aromatic N) is 1. The van der Waals surface area contributed by atoms with Crippen LogP contribution in [0.3, 0.4) is 0 Å². The maximum Gasteiger partial charge on any atom is 0.387 e. The van der Waals surface area contributed by atoms with E-state index in [4.69, 9.17) is 4.42 Å². The maximum absolute atomic E-state index is 12.5. The quantitative estimate of drug-likeness (QED) is 0.504. The van der Waals surface area contributed by atoms with Gasteiger partial charge in [-0.3, -0.25) is 10.1 Å². The molecule has 3 rings (SSSR count). The molecule has 172 valence electrons. The monoisotopic (exact) mass is 485 g/mol. The molecule has 0 radical (unpaired) electrons. The second-order valence-corrected chi connectivity index (χ2v) is 10.6. The second-order valence-electron chi connectivity index (χ2n) is 7.75. The molecule has 1 amide bonds. The molecule has 32 heavy (non-hydrogen) atoms. The highest BCUT2D eigenvalue weighted by Gasteiger charge is 2.26. The van der Waals surface area contributed by atoms with Crippen molar-refractivity contribution in [2.24, 2.45) is 0 Å². The fourth-order valence-corrected chi connectivity index (χ4v) is 4.89. The summed E-state index contributed by atoms with van der Waals surface area (Å²) in [6.45, 7) is 3.93. The van der Waals surface area contributed by atoms with Gasteiger partial charge >= 0.3 is 6.61 Å². The molecule has 2 aromatic heterocycles. The van der Waals surface area contributed by atoms with Gasteiger partial charge in [0.1, 0.15) is 5.75 Å². The molecule has 2 N–H and O–H groups in total. The van der Waals surface area contributed by atoms with Crippen LogP contribution in [0.5, 0.6) is 5.75 Å². The summed E-state index contributed by atoms with van der Waals surface area (Å²) >= 11 is 1.20. The van der Waals surface area contributed by atoms with Gasteiger partial charge in [-0.1, -0.05) is 0 Å². The van der Waals surface area contributed by atoms with Gasteiger partial charge in [-0.25, -0.2) is 18.1 Å². The first-order valence-electron chi connectivity index (χ1n) is 9.32. The van der Waals surface area contributed by atoms with Crippen molar-refractivity contribution in [1.29, 1.82) is 0 Å². The molecule has 0 saturated carbocycles. The molecule has 3 aromatic rings. The summed E-state index contributed by atoms with van der Waals surface area (Å²) < 4.78 is 61.3. The molecule has 0 unspecified atom stereocenters. The average molecular weight is 486 g/mol. The largest absolute Gasteiger partial charge is 0.438 e. The van der Waals surface area contributed by atoms with Gasteiger partial charge in [0.2, 0.25) is 5.09 Å². The predicted octanol–water partition coefficient (Wildman–Crippen LogP) is 4.64. The summed E-state index contributed by atoms with van der Waals surface area (Å²) in [6.07, 6.45) is 0. The zero-order chi connectivity index (χ0) is 23.7. The van der Waals surface area contributed by atoms with E-state index in [0.29, 0.717) is 11.3 Å². The highest BCUT2D eigenvalue weighted by molar-refractivity contribution is 7.89. The van der Waals surface area contributed by atoms with Crippen LogP contribution < -0.4 is 14.8 Å². The third kappa shape index (κ3) is 5.90. The molecule has 2 heterocycles. The lowest BCUT2D eigenvalue weighted by Crippen LogP contribution is -2.40.